The average Bonchev–Trinajstić information content (AvgIpc) is 3.21. The molecule has 0 aliphatic carbocycles. The van der Waals surface area contributed by atoms with E-state index in [0.717, 1.165) is 29.3 Å². The van der Waals surface area contributed by atoms with Gasteiger partial charge in [-0.3, -0.25) is 0 Å². The van der Waals surface area contributed by atoms with Crippen molar-refractivity contribution in [2.75, 3.05) is 13.1 Å². The first-order valence-corrected chi connectivity index (χ1v) is 7.95. The maximum Gasteiger partial charge on any atom is 0.314 e. The van der Waals surface area contributed by atoms with E-state index in [-0.39, 0.29) is 11.8 Å². The number of imidazole rings is 1. The smallest absolute Gasteiger partial charge is 0.314 e. The molecule has 126 valence electrons. The minimum absolute atomic E-state index is 0.180. The average molecular weight is 329 g/mol. The number of aromatic amines is 1. The molecule has 0 radical (unpaired) electrons. The second-order valence-corrected chi connectivity index (χ2v) is 5.59. The van der Waals surface area contributed by atoms with E-state index < -0.39 is 0 Å². The van der Waals surface area contributed by atoms with Crippen LogP contribution in [0.2, 0.25) is 0 Å². The number of carbonyl (C=O) groups excluding carboxylic acids is 1. The van der Waals surface area contributed by atoms with Crippen LogP contribution in [0.5, 0.6) is 0 Å². The third kappa shape index (κ3) is 4.13. The molecule has 2 heterocycles. The van der Waals surface area contributed by atoms with E-state index in [1.807, 2.05) is 17.0 Å². The Labute approximate surface area is 139 Å². The van der Waals surface area contributed by atoms with Crippen molar-refractivity contribution in [3.8, 4) is 0 Å². The highest BCUT2D eigenvalue weighted by Gasteiger charge is 2.05. The molecule has 0 unspecified atom stereocenters. The summed E-state index contributed by atoms with van der Waals surface area (Å²) in [6.45, 7) is 1.80. The molecule has 24 heavy (non-hydrogen) atoms. The normalized spacial score (nSPS) is 10.9. The number of halogens is 1. The van der Waals surface area contributed by atoms with Crippen LogP contribution in [0.3, 0.4) is 0 Å². The SMILES string of the molecule is O=C(NCCCc1c[nH]c2ccc(F)cc12)NCCn1ccnc1. The van der Waals surface area contributed by atoms with E-state index in [0.29, 0.717) is 19.6 Å². The summed E-state index contributed by atoms with van der Waals surface area (Å²) < 4.78 is 15.2. The summed E-state index contributed by atoms with van der Waals surface area (Å²) in [5.41, 5.74) is 1.99. The van der Waals surface area contributed by atoms with Gasteiger partial charge in [0.1, 0.15) is 5.82 Å². The van der Waals surface area contributed by atoms with Crippen LogP contribution in [-0.2, 0) is 13.0 Å². The number of aromatic nitrogens is 3. The number of amides is 2. The van der Waals surface area contributed by atoms with Crippen molar-refractivity contribution in [2.45, 2.75) is 19.4 Å². The number of benzene rings is 1. The van der Waals surface area contributed by atoms with Crippen LogP contribution < -0.4 is 10.6 Å². The monoisotopic (exact) mass is 329 g/mol. The van der Waals surface area contributed by atoms with Crippen LogP contribution in [0.15, 0.2) is 43.1 Å². The van der Waals surface area contributed by atoms with Gasteiger partial charge in [-0.25, -0.2) is 14.2 Å². The molecule has 3 N–H and O–H groups in total. The second-order valence-electron chi connectivity index (χ2n) is 5.59. The fraction of sp³-hybridized carbons (Fsp3) is 0.294. The third-order valence-corrected chi connectivity index (χ3v) is 3.85. The molecule has 0 aliphatic heterocycles. The molecule has 7 heteroatoms. The summed E-state index contributed by atoms with van der Waals surface area (Å²) in [4.78, 5) is 18.8. The Morgan fingerprint density at radius 2 is 2.17 bits per heavy atom. The number of urea groups is 1. The van der Waals surface area contributed by atoms with Gasteiger partial charge in [-0.15, -0.1) is 0 Å². The maximum absolute atomic E-state index is 13.3. The van der Waals surface area contributed by atoms with Crippen molar-refractivity contribution in [1.82, 2.24) is 25.2 Å². The lowest BCUT2D eigenvalue weighted by Gasteiger charge is -2.08. The van der Waals surface area contributed by atoms with E-state index in [4.69, 9.17) is 0 Å². The second kappa shape index (κ2) is 7.63. The summed E-state index contributed by atoms with van der Waals surface area (Å²) in [5.74, 6) is -0.237. The van der Waals surface area contributed by atoms with E-state index in [2.05, 4.69) is 20.6 Å². The first-order valence-electron chi connectivity index (χ1n) is 7.95. The Morgan fingerprint density at radius 3 is 3.00 bits per heavy atom. The van der Waals surface area contributed by atoms with Crippen LogP contribution in [0.25, 0.3) is 10.9 Å². The lowest BCUT2D eigenvalue weighted by Crippen LogP contribution is -2.37. The number of nitrogens with zero attached hydrogens (tertiary/aromatic N) is 2. The molecular weight excluding hydrogens is 309 g/mol. The van der Waals surface area contributed by atoms with Gasteiger partial charge in [0.2, 0.25) is 0 Å². The van der Waals surface area contributed by atoms with Gasteiger partial charge < -0.3 is 20.2 Å². The van der Waals surface area contributed by atoms with Gasteiger partial charge in [0.05, 0.1) is 6.33 Å². The third-order valence-electron chi connectivity index (χ3n) is 3.85. The summed E-state index contributed by atoms with van der Waals surface area (Å²) >= 11 is 0. The number of rotatable bonds is 7. The Kier molecular flexibility index (Phi) is 5.10. The van der Waals surface area contributed by atoms with Crippen LogP contribution in [0.1, 0.15) is 12.0 Å². The number of fused-ring (bicyclic) bond motifs is 1. The molecule has 0 fully saturated rings. The van der Waals surface area contributed by atoms with Crippen molar-refractivity contribution < 1.29 is 9.18 Å². The van der Waals surface area contributed by atoms with Gasteiger partial charge in [0.25, 0.3) is 0 Å². The number of hydrogen-bond acceptors (Lipinski definition) is 2. The van der Waals surface area contributed by atoms with Crippen molar-refractivity contribution in [2.24, 2.45) is 0 Å². The minimum Gasteiger partial charge on any atom is -0.361 e. The molecule has 3 rings (SSSR count). The highest BCUT2D eigenvalue weighted by Crippen LogP contribution is 2.20. The Bertz CT molecular complexity index is 797. The van der Waals surface area contributed by atoms with Crippen molar-refractivity contribution in [3.05, 3.63) is 54.5 Å². The molecule has 0 bridgehead atoms. The molecule has 1 aromatic carbocycles. The zero-order chi connectivity index (χ0) is 16.8. The van der Waals surface area contributed by atoms with Crippen molar-refractivity contribution in [3.63, 3.8) is 0 Å². The first kappa shape index (κ1) is 16.0. The lowest BCUT2D eigenvalue weighted by atomic mass is 10.1. The predicted octanol–water partition coefficient (Wildman–Crippen LogP) is 2.44. The summed E-state index contributed by atoms with van der Waals surface area (Å²) in [5, 5.41) is 6.53. The number of H-pyrrole nitrogens is 1. The summed E-state index contributed by atoms with van der Waals surface area (Å²) in [6.07, 6.45) is 8.73. The lowest BCUT2D eigenvalue weighted by molar-refractivity contribution is 0.240. The van der Waals surface area contributed by atoms with Crippen LogP contribution in [-0.4, -0.2) is 33.7 Å². The molecule has 2 amide bonds. The van der Waals surface area contributed by atoms with Gasteiger partial charge in [-0.1, -0.05) is 0 Å². The van der Waals surface area contributed by atoms with Gasteiger partial charge in [0, 0.05) is 49.1 Å². The van der Waals surface area contributed by atoms with E-state index in [1.54, 1.807) is 18.6 Å². The molecular formula is C17H20FN5O. The van der Waals surface area contributed by atoms with Crippen LogP contribution >= 0.6 is 0 Å². The molecule has 0 atom stereocenters. The van der Waals surface area contributed by atoms with Crippen molar-refractivity contribution >= 4 is 16.9 Å². The van der Waals surface area contributed by atoms with Crippen LogP contribution in [0.4, 0.5) is 9.18 Å². The van der Waals surface area contributed by atoms with Gasteiger partial charge >= 0.3 is 6.03 Å². The first-order chi connectivity index (χ1) is 11.7. The van der Waals surface area contributed by atoms with Gasteiger partial charge in [0.15, 0.2) is 0 Å². The summed E-state index contributed by atoms with van der Waals surface area (Å²) in [7, 11) is 0. The fourth-order valence-corrected chi connectivity index (χ4v) is 2.62. The van der Waals surface area contributed by atoms with Crippen LogP contribution in [0, 0.1) is 5.82 Å². The quantitative estimate of drug-likeness (QED) is 0.582. The van der Waals surface area contributed by atoms with Crippen molar-refractivity contribution in [1.29, 1.82) is 0 Å². The highest BCUT2D eigenvalue weighted by atomic mass is 19.1. The molecule has 3 aromatic rings. The number of carbonyl (C=O) groups is 1. The number of hydrogen-bond donors (Lipinski definition) is 3. The Morgan fingerprint density at radius 1 is 1.29 bits per heavy atom. The minimum atomic E-state index is -0.237. The highest BCUT2D eigenvalue weighted by molar-refractivity contribution is 5.83. The number of nitrogens with one attached hydrogen (secondary N) is 3. The standard InChI is InChI=1S/C17H20FN5O/c18-14-3-4-16-15(10-14)13(11-22-16)2-1-5-20-17(24)21-7-9-23-8-6-19-12-23/h3-4,6,8,10-12,22H,1-2,5,7,9H2,(H2,20,21,24). The van der Waals surface area contributed by atoms with E-state index >= 15 is 0 Å². The molecule has 0 aliphatic rings. The molecule has 0 saturated heterocycles. The zero-order valence-corrected chi connectivity index (χ0v) is 13.3. The predicted molar refractivity (Wildman–Crippen MR) is 90.2 cm³/mol. The maximum atomic E-state index is 13.3. The molecule has 6 nitrogen and oxygen atoms in total. The number of aryl methyl sites for hydroxylation is 1. The van der Waals surface area contributed by atoms with Gasteiger partial charge in [-0.2, -0.15) is 0 Å². The van der Waals surface area contributed by atoms with E-state index in [9.17, 15) is 9.18 Å². The fourth-order valence-electron chi connectivity index (χ4n) is 2.62. The Balaban J connectivity index is 1.37. The molecule has 2 aromatic heterocycles. The Hall–Kier alpha value is -2.83. The largest absolute Gasteiger partial charge is 0.361 e. The molecule has 0 saturated carbocycles. The van der Waals surface area contributed by atoms with Gasteiger partial charge in [-0.05, 0) is 36.6 Å². The topological polar surface area (TPSA) is 74.7 Å². The molecule has 0 spiro atoms. The summed E-state index contributed by atoms with van der Waals surface area (Å²) in [6, 6.07) is 4.54. The van der Waals surface area contributed by atoms with E-state index in [1.165, 1.54) is 12.1 Å². The zero-order valence-electron chi connectivity index (χ0n) is 13.3.